The van der Waals surface area contributed by atoms with Crippen LogP contribution in [0.15, 0.2) is 60.7 Å². The number of para-hydroxylation sites is 1. The molecule has 12 heteroatoms. The summed E-state index contributed by atoms with van der Waals surface area (Å²) in [5.41, 5.74) is 7.00. The molecule has 38 heavy (non-hydrogen) atoms. The minimum absolute atomic E-state index is 0.194. The Kier molecular flexibility index (Phi) is 7.53. The van der Waals surface area contributed by atoms with Crippen molar-refractivity contribution >= 4 is 39.9 Å². The standard InChI is InChI=1S/C26H23F4N5O3/c1-38-12-11-32-19-4-2-3-17-21(23(24(31)36)35-22(17)19)14-5-8-16(9-6-14)33-25(37)34-20-13-15(26(28,29)30)7-10-18(20)27/h2-10,13,32,35H,11-12H2,1H3,(H2,31,36)(H2,33,34,37). The van der Waals surface area contributed by atoms with Crippen molar-refractivity contribution in [3.8, 4) is 11.1 Å². The number of carbonyl (C=O) groups is 2. The highest BCUT2D eigenvalue weighted by atomic mass is 19.4. The lowest BCUT2D eigenvalue weighted by molar-refractivity contribution is -0.137. The summed E-state index contributed by atoms with van der Waals surface area (Å²) >= 11 is 0. The van der Waals surface area contributed by atoms with Crippen molar-refractivity contribution in [2.75, 3.05) is 36.2 Å². The number of carbonyl (C=O) groups excluding carboxylic acids is 2. The van der Waals surface area contributed by atoms with Crippen LogP contribution in [0.2, 0.25) is 0 Å². The van der Waals surface area contributed by atoms with Gasteiger partial charge in [-0.1, -0.05) is 24.3 Å². The Morgan fingerprint density at radius 1 is 1.00 bits per heavy atom. The zero-order valence-corrected chi connectivity index (χ0v) is 20.0. The largest absolute Gasteiger partial charge is 0.416 e. The molecule has 6 N–H and O–H groups in total. The SMILES string of the molecule is COCCNc1cccc2c(-c3ccc(NC(=O)Nc4cc(C(F)(F)F)ccc4F)cc3)c(C(N)=O)[nH]c12. The molecule has 0 fully saturated rings. The molecule has 0 radical (unpaired) electrons. The Bertz CT molecular complexity index is 1480. The van der Waals surface area contributed by atoms with E-state index >= 15 is 0 Å². The van der Waals surface area contributed by atoms with Gasteiger partial charge in [-0.2, -0.15) is 13.2 Å². The predicted octanol–water partition coefficient (Wildman–Crippen LogP) is 5.79. The summed E-state index contributed by atoms with van der Waals surface area (Å²) in [4.78, 5) is 27.6. The molecule has 3 amide bonds. The van der Waals surface area contributed by atoms with E-state index in [1.807, 2.05) is 18.2 Å². The molecular weight excluding hydrogens is 506 g/mol. The molecule has 1 aromatic heterocycles. The van der Waals surface area contributed by atoms with Crippen molar-refractivity contribution in [2.24, 2.45) is 5.73 Å². The predicted molar refractivity (Wildman–Crippen MR) is 137 cm³/mol. The van der Waals surface area contributed by atoms with E-state index in [1.54, 1.807) is 19.2 Å². The highest BCUT2D eigenvalue weighted by Gasteiger charge is 2.31. The molecule has 0 saturated heterocycles. The molecule has 0 atom stereocenters. The minimum Gasteiger partial charge on any atom is -0.383 e. The smallest absolute Gasteiger partial charge is 0.383 e. The number of fused-ring (bicyclic) bond motifs is 1. The first-order valence-electron chi connectivity index (χ1n) is 11.3. The number of halogens is 4. The summed E-state index contributed by atoms with van der Waals surface area (Å²) in [5, 5.41) is 8.49. The van der Waals surface area contributed by atoms with Gasteiger partial charge in [0.2, 0.25) is 0 Å². The molecule has 0 aliphatic heterocycles. The van der Waals surface area contributed by atoms with Crippen LogP contribution in [0.1, 0.15) is 16.1 Å². The Hall–Kier alpha value is -4.58. The highest BCUT2D eigenvalue weighted by molar-refractivity contribution is 6.12. The van der Waals surface area contributed by atoms with E-state index in [0.717, 1.165) is 11.1 Å². The van der Waals surface area contributed by atoms with Gasteiger partial charge in [-0.3, -0.25) is 4.79 Å². The maximum Gasteiger partial charge on any atom is 0.416 e. The number of methoxy groups -OCH3 is 1. The second-order valence-corrected chi connectivity index (χ2v) is 8.24. The van der Waals surface area contributed by atoms with Crippen LogP contribution in [0.3, 0.4) is 0 Å². The minimum atomic E-state index is -4.69. The maximum absolute atomic E-state index is 14.0. The third kappa shape index (κ3) is 5.70. The number of rotatable bonds is 8. The van der Waals surface area contributed by atoms with Gasteiger partial charge < -0.3 is 31.4 Å². The molecule has 4 aromatic rings. The fraction of sp³-hybridized carbons (Fsp3) is 0.154. The normalized spacial score (nSPS) is 11.4. The summed E-state index contributed by atoms with van der Waals surface area (Å²) < 4.78 is 57.8. The first-order chi connectivity index (χ1) is 18.1. The molecule has 0 saturated carbocycles. The zero-order valence-electron chi connectivity index (χ0n) is 20.0. The van der Waals surface area contributed by atoms with Crippen LogP contribution in [0, 0.1) is 5.82 Å². The molecule has 0 bridgehead atoms. The zero-order chi connectivity index (χ0) is 27.4. The summed E-state index contributed by atoms with van der Waals surface area (Å²) in [6, 6.07) is 12.6. The fourth-order valence-corrected chi connectivity index (χ4v) is 3.94. The highest BCUT2D eigenvalue weighted by Crippen LogP contribution is 2.36. The number of hydrogen-bond donors (Lipinski definition) is 5. The van der Waals surface area contributed by atoms with Crippen molar-refractivity contribution < 1.29 is 31.9 Å². The Morgan fingerprint density at radius 2 is 1.74 bits per heavy atom. The number of aromatic amines is 1. The maximum atomic E-state index is 14.0. The van der Waals surface area contributed by atoms with Gasteiger partial charge in [0.15, 0.2) is 0 Å². The number of primary amides is 1. The van der Waals surface area contributed by atoms with Crippen LogP contribution < -0.4 is 21.7 Å². The van der Waals surface area contributed by atoms with Crippen molar-refractivity contribution in [1.82, 2.24) is 4.98 Å². The van der Waals surface area contributed by atoms with E-state index in [1.165, 1.54) is 12.1 Å². The molecule has 0 unspecified atom stereocenters. The summed E-state index contributed by atoms with van der Waals surface area (Å²) in [7, 11) is 1.59. The molecule has 4 rings (SSSR count). The number of benzene rings is 3. The monoisotopic (exact) mass is 529 g/mol. The van der Waals surface area contributed by atoms with Gasteiger partial charge >= 0.3 is 12.2 Å². The molecule has 198 valence electrons. The third-order valence-electron chi connectivity index (χ3n) is 5.68. The Balaban J connectivity index is 1.57. The number of urea groups is 1. The number of alkyl halides is 3. The lowest BCUT2D eigenvalue weighted by Crippen LogP contribution is -2.20. The van der Waals surface area contributed by atoms with Crippen molar-refractivity contribution in [3.63, 3.8) is 0 Å². The van der Waals surface area contributed by atoms with Crippen LogP contribution in [0.25, 0.3) is 22.0 Å². The van der Waals surface area contributed by atoms with Crippen LogP contribution >= 0.6 is 0 Å². The molecule has 0 spiro atoms. The molecule has 0 aliphatic rings. The van der Waals surface area contributed by atoms with Crippen LogP contribution in [-0.4, -0.2) is 37.2 Å². The lowest BCUT2D eigenvalue weighted by atomic mass is 10.0. The third-order valence-corrected chi connectivity index (χ3v) is 5.68. The average molecular weight is 529 g/mol. The summed E-state index contributed by atoms with van der Waals surface area (Å²) in [6.07, 6.45) is -4.69. The van der Waals surface area contributed by atoms with Gasteiger partial charge in [0.05, 0.1) is 29.1 Å². The first kappa shape index (κ1) is 26.5. The van der Waals surface area contributed by atoms with Crippen molar-refractivity contribution in [2.45, 2.75) is 6.18 Å². The van der Waals surface area contributed by atoms with Crippen LogP contribution in [-0.2, 0) is 10.9 Å². The van der Waals surface area contributed by atoms with E-state index in [-0.39, 0.29) is 11.4 Å². The van der Waals surface area contributed by atoms with E-state index in [4.69, 9.17) is 10.5 Å². The van der Waals surface area contributed by atoms with Gasteiger partial charge in [0, 0.05) is 30.3 Å². The van der Waals surface area contributed by atoms with Gasteiger partial charge in [-0.05, 0) is 42.0 Å². The van der Waals surface area contributed by atoms with Crippen LogP contribution in [0.5, 0.6) is 0 Å². The van der Waals surface area contributed by atoms with Crippen molar-refractivity contribution in [3.05, 3.63) is 77.7 Å². The molecular formula is C26H23F4N5O3. The Labute approximate surface area is 214 Å². The van der Waals surface area contributed by atoms with Gasteiger partial charge in [-0.15, -0.1) is 0 Å². The van der Waals surface area contributed by atoms with E-state index in [2.05, 4.69) is 20.9 Å². The average Bonchev–Trinajstić information content (AvgIpc) is 3.26. The molecule has 1 heterocycles. The first-order valence-corrected chi connectivity index (χ1v) is 11.3. The number of nitrogens with two attached hydrogens (primary N) is 1. The molecule has 8 nitrogen and oxygen atoms in total. The summed E-state index contributed by atoms with van der Waals surface area (Å²) in [6.45, 7) is 1.03. The quantitative estimate of drug-likeness (QED) is 0.146. The summed E-state index contributed by atoms with van der Waals surface area (Å²) in [5.74, 6) is -1.68. The van der Waals surface area contributed by atoms with Gasteiger partial charge in [0.1, 0.15) is 11.5 Å². The molecule has 0 aliphatic carbocycles. The number of nitrogens with one attached hydrogen (secondary N) is 4. The number of hydrogen-bond acceptors (Lipinski definition) is 4. The van der Waals surface area contributed by atoms with Gasteiger partial charge in [-0.25, -0.2) is 9.18 Å². The van der Waals surface area contributed by atoms with Gasteiger partial charge in [0.25, 0.3) is 5.91 Å². The number of amides is 3. The number of anilines is 3. The van der Waals surface area contributed by atoms with E-state index in [0.29, 0.717) is 48.0 Å². The van der Waals surface area contributed by atoms with Crippen LogP contribution in [0.4, 0.5) is 39.4 Å². The van der Waals surface area contributed by atoms with E-state index < -0.39 is 35.2 Å². The van der Waals surface area contributed by atoms with Crippen molar-refractivity contribution in [1.29, 1.82) is 0 Å². The topological polar surface area (TPSA) is 121 Å². The lowest BCUT2D eigenvalue weighted by Gasteiger charge is -2.12. The number of aromatic nitrogens is 1. The molecule has 3 aromatic carbocycles. The second kappa shape index (κ2) is 10.8. The second-order valence-electron chi connectivity index (χ2n) is 8.24. The number of ether oxygens (including phenoxy) is 1. The fourth-order valence-electron chi connectivity index (χ4n) is 3.94. The Morgan fingerprint density at radius 3 is 2.39 bits per heavy atom. The van der Waals surface area contributed by atoms with E-state index in [9.17, 15) is 27.2 Å². The number of H-pyrrole nitrogens is 1.